The van der Waals surface area contributed by atoms with Crippen LogP contribution in [-0.2, 0) is 4.43 Å². The molecule has 1 unspecified atom stereocenters. The zero-order valence-corrected chi connectivity index (χ0v) is 32.9. The third-order valence-electron chi connectivity index (χ3n) is 10.4. The first-order chi connectivity index (χ1) is 16.2. The van der Waals surface area contributed by atoms with E-state index in [0.717, 1.165) is 0 Å². The monoisotopic (exact) mass is 574 g/mol. The topological polar surface area (TPSA) is 9.23 Å². The number of hydrogen-bond donors (Lipinski definition) is 0. The first kappa shape index (κ1) is 33.9. The largest absolute Gasteiger partial charge is 0.545 e. The van der Waals surface area contributed by atoms with Crippen LogP contribution >= 0.6 is 0 Å². The van der Waals surface area contributed by atoms with Crippen molar-refractivity contribution in [2.75, 3.05) is 0 Å². The standard InChI is InChI=1S/C34H66OSi3/c1-29(2,3)23-24(30(4,5)6)28(36(19,20)33(13,14)15)35-38(37(21,22)34(16,17)18)26(23)25(31(7,8)9)27(38)32(10,11)12/h1-22H3. The molecular weight excluding hydrogens is 509 g/mol. The Hall–Kier alpha value is -0.329. The second-order valence-electron chi connectivity index (χ2n) is 19.7. The molecule has 0 aromatic rings. The van der Waals surface area contributed by atoms with Crippen LogP contribution in [0.15, 0.2) is 32.5 Å². The summed E-state index contributed by atoms with van der Waals surface area (Å²) in [5, 5.41) is 5.30. The normalized spacial score (nSPS) is 23.0. The molecule has 2 heterocycles. The molecule has 0 radical (unpaired) electrons. The molecule has 1 nitrogen and oxygen atoms in total. The van der Waals surface area contributed by atoms with Gasteiger partial charge in [-0.25, -0.2) is 0 Å². The molecule has 0 bridgehead atoms. The average molecular weight is 575 g/mol. The van der Waals surface area contributed by atoms with Crippen LogP contribution in [0.4, 0.5) is 0 Å². The highest BCUT2D eigenvalue weighted by Crippen LogP contribution is 2.69. The van der Waals surface area contributed by atoms with Gasteiger partial charge in [-0.05, 0) is 58.8 Å². The van der Waals surface area contributed by atoms with Crippen LogP contribution in [0.5, 0.6) is 0 Å². The molecule has 0 aromatic carbocycles. The Morgan fingerprint density at radius 3 is 1.11 bits per heavy atom. The molecule has 0 saturated carbocycles. The molecule has 2 rings (SSSR count). The minimum absolute atomic E-state index is 0.00887. The van der Waals surface area contributed by atoms with Crippen molar-refractivity contribution >= 4 is 23.5 Å². The van der Waals surface area contributed by atoms with Gasteiger partial charge in [0, 0.05) is 0 Å². The van der Waals surface area contributed by atoms with Crippen molar-refractivity contribution in [1.82, 2.24) is 0 Å². The first-order valence-corrected chi connectivity index (χ1v) is 24.1. The summed E-state index contributed by atoms with van der Waals surface area (Å²) in [5.74, 6) is 0. The fourth-order valence-corrected chi connectivity index (χ4v) is 27.2. The third-order valence-corrected chi connectivity index (χ3v) is 34.1. The molecule has 2 aliphatic rings. The molecule has 2 aliphatic heterocycles. The molecule has 220 valence electrons. The summed E-state index contributed by atoms with van der Waals surface area (Å²) in [7, 11) is -6.55. The van der Waals surface area contributed by atoms with Gasteiger partial charge in [0.05, 0.1) is 5.38 Å². The molecule has 4 heteroatoms. The van der Waals surface area contributed by atoms with Gasteiger partial charge in [0.15, 0.2) is 0 Å². The van der Waals surface area contributed by atoms with Crippen LogP contribution < -0.4 is 0 Å². The Morgan fingerprint density at radius 1 is 0.474 bits per heavy atom. The molecule has 0 aliphatic carbocycles. The summed E-state index contributed by atoms with van der Waals surface area (Å²) >= 11 is 0. The SMILES string of the molecule is CC(C)(C)C1=C([Si](C)(C)C(C)(C)C)O[Si]2([Si](C)(C)C(C)(C)C)C(=C1C(C)(C)C)C(C(C)(C)C)=C2C(C)(C)C. The van der Waals surface area contributed by atoms with E-state index in [2.05, 4.69) is 151 Å². The maximum absolute atomic E-state index is 8.21. The van der Waals surface area contributed by atoms with Gasteiger partial charge in [-0.15, -0.1) is 0 Å². The second kappa shape index (κ2) is 8.84. The van der Waals surface area contributed by atoms with E-state index >= 15 is 0 Å². The zero-order valence-electron chi connectivity index (χ0n) is 29.9. The zero-order chi connectivity index (χ0) is 30.7. The first-order valence-electron chi connectivity index (χ1n) is 15.2. The maximum atomic E-state index is 8.21. The van der Waals surface area contributed by atoms with Crippen molar-refractivity contribution < 1.29 is 4.43 Å². The number of hydrogen-bond acceptors (Lipinski definition) is 1. The molecule has 0 N–H and O–H groups in total. The summed E-state index contributed by atoms with van der Waals surface area (Å²) in [5.41, 5.74) is 5.05. The van der Waals surface area contributed by atoms with Gasteiger partial charge in [0.25, 0.3) is 7.83 Å². The summed E-state index contributed by atoms with van der Waals surface area (Å²) in [4.78, 5) is 0. The van der Waals surface area contributed by atoms with Crippen LogP contribution in [-0.4, -0.2) is 23.5 Å². The van der Waals surface area contributed by atoms with Gasteiger partial charge in [-0.3, -0.25) is 0 Å². The molecule has 38 heavy (non-hydrogen) atoms. The van der Waals surface area contributed by atoms with E-state index in [0.29, 0.717) is 0 Å². The van der Waals surface area contributed by atoms with Crippen LogP contribution in [0.3, 0.4) is 0 Å². The second-order valence-corrected chi connectivity index (χ2v) is 38.1. The van der Waals surface area contributed by atoms with E-state index in [1.165, 1.54) is 5.38 Å². The summed E-state index contributed by atoms with van der Waals surface area (Å²) in [6.07, 6.45) is 0. The van der Waals surface area contributed by atoms with E-state index in [1.54, 1.807) is 27.1 Å². The van der Waals surface area contributed by atoms with Gasteiger partial charge in [-0.1, -0.05) is 151 Å². The van der Waals surface area contributed by atoms with E-state index in [9.17, 15) is 0 Å². The molecule has 1 atom stereocenters. The van der Waals surface area contributed by atoms with Crippen LogP contribution in [0.2, 0.25) is 36.3 Å². The summed E-state index contributed by atoms with van der Waals surface area (Å²) < 4.78 is 8.21. The van der Waals surface area contributed by atoms with Gasteiger partial charge >= 0.3 is 0 Å². The van der Waals surface area contributed by atoms with Crippen molar-refractivity contribution in [3.63, 3.8) is 0 Å². The minimum atomic E-state index is -2.53. The van der Waals surface area contributed by atoms with Gasteiger partial charge in [0.2, 0.25) is 0 Å². The molecule has 0 fully saturated rings. The highest BCUT2D eigenvalue weighted by molar-refractivity contribution is 7.47. The van der Waals surface area contributed by atoms with Crippen molar-refractivity contribution in [3.8, 4) is 0 Å². The molecular formula is C34H66OSi3. The number of allylic oxidation sites excluding steroid dienone is 5. The van der Waals surface area contributed by atoms with E-state index in [4.69, 9.17) is 4.43 Å². The van der Waals surface area contributed by atoms with Crippen LogP contribution in [0.25, 0.3) is 0 Å². The Labute approximate surface area is 242 Å². The van der Waals surface area contributed by atoms with Crippen LogP contribution in [0.1, 0.15) is 125 Å². The van der Waals surface area contributed by atoms with Gasteiger partial charge in [-0.2, -0.15) is 0 Å². The Morgan fingerprint density at radius 2 is 0.842 bits per heavy atom. The number of fused-ring (bicyclic) bond motifs is 1. The van der Waals surface area contributed by atoms with E-state index < -0.39 is 23.5 Å². The maximum Gasteiger partial charge on any atom is 0.293 e. The smallest absolute Gasteiger partial charge is 0.293 e. The number of rotatable bonds is 2. The summed E-state index contributed by atoms with van der Waals surface area (Å²) in [6.45, 7) is 55.1. The van der Waals surface area contributed by atoms with Crippen molar-refractivity contribution in [3.05, 3.63) is 32.5 Å². The lowest BCUT2D eigenvalue weighted by Gasteiger charge is -2.66. The fourth-order valence-electron chi connectivity index (χ4n) is 6.57. The molecule has 0 amide bonds. The van der Waals surface area contributed by atoms with E-state index in [1.807, 2.05) is 0 Å². The van der Waals surface area contributed by atoms with E-state index in [-0.39, 0.29) is 31.7 Å². The van der Waals surface area contributed by atoms with Gasteiger partial charge < -0.3 is 4.43 Å². The lowest BCUT2D eigenvalue weighted by molar-refractivity contribution is 0.351. The Bertz CT molecular complexity index is 1070. The highest BCUT2D eigenvalue weighted by Gasteiger charge is 2.74. The Kier molecular flexibility index (Phi) is 7.88. The van der Waals surface area contributed by atoms with Crippen LogP contribution in [0, 0.1) is 21.7 Å². The predicted molar refractivity (Wildman–Crippen MR) is 180 cm³/mol. The fraction of sp³-hybridized carbons (Fsp3) is 0.824. The van der Waals surface area contributed by atoms with Crippen molar-refractivity contribution in [1.29, 1.82) is 0 Å². The molecule has 0 aromatic heterocycles. The minimum Gasteiger partial charge on any atom is -0.545 e. The van der Waals surface area contributed by atoms with Gasteiger partial charge in [0.1, 0.15) is 15.7 Å². The molecule has 0 saturated heterocycles. The lowest BCUT2D eigenvalue weighted by Crippen LogP contribution is -2.77. The molecule has 0 spiro atoms. The summed E-state index contributed by atoms with van der Waals surface area (Å²) in [6, 6.07) is 0. The van der Waals surface area contributed by atoms with Crippen molar-refractivity contribution in [2.24, 2.45) is 21.7 Å². The highest BCUT2D eigenvalue weighted by atomic mass is 29.3. The Balaban J connectivity index is 3.48. The predicted octanol–water partition coefficient (Wildman–Crippen LogP) is 11.7. The average Bonchev–Trinajstić information content (AvgIpc) is 2.55. The van der Waals surface area contributed by atoms with Crippen molar-refractivity contribution in [2.45, 2.75) is 161 Å². The lowest BCUT2D eigenvalue weighted by atomic mass is 9.69. The third kappa shape index (κ3) is 4.89. The quantitative estimate of drug-likeness (QED) is 0.298.